The van der Waals surface area contributed by atoms with Gasteiger partial charge in [-0.25, -0.2) is 16.6 Å². The summed E-state index contributed by atoms with van der Waals surface area (Å²) >= 11 is 0. The van der Waals surface area contributed by atoms with Crippen molar-refractivity contribution in [3.8, 4) is 5.75 Å². The highest BCUT2D eigenvalue weighted by Crippen LogP contribution is 2.58. The van der Waals surface area contributed by atoms with E-state index in [-0.39, 0.29) is 17.6 Å². The molecule has 3 aliphatic carbocycles. The third kappa shape index (κ3) is 24.4. The van der Waals surface area contributed by atoms with Crippen LogP contribution in [0.4, 0.5) is 0 Å². The molecule has 6 rings (SSSR count). The van der Waals surface area contributed by atoms with E-state index < -0.39 is 16.6 Å². The predicted octanol–water partition coefficient (Wildman–Crippen LogP) is 24.7. The SMILES string of the molecule is CC1(N=N)CCC(C)(N=N)C2(CCCCCCCCCCCCCCCCCCCCCCCCCCCCCCCCCCCCCCCCCCCCCCCC(N=N)(c3nnc4ccc(O[C@@H]5CC[C@H](N)c6ccccc65)cn34)CC2)C1. The van der Waals surface area contributed by atoms with Gasteiger partial charge in [0.05, 0.1) is 17.3 Å². The van der Waals surface area contributed by atoms with Crippen molar-refractivity contribution in [1.82, 2.24) is 14.6 Å². The lowest BCUT2D eigenvalue weighted by Crippen LogP contribution is -2.54. The van der Waals surface area contributed by atoms with Gasteiger partial charge >= 0.3 is 0 Å². The molecule has 0 radical (unpaired) electrons. The van der Waals surface area contributed by atoms with Gasteiger partial charge in [-0.15, -0.1) is 10.2 Å². The molecule has 0 amide bonds. The van der Waals surface area contributed by atoms with Crippen molar-refractivity contribution < 1.29 is 4.74 Å². The highest BCUT2D eigenvalue weighted by atomic mass is 16.5. The van der Waals surface area contributed by atoms with Crippen LogP contribution in [-0.4, -0.2) is 25.7 Å². The zero-order valence-electron chi connectivity index (χ0n) is 55.0. The van der Waals surface area contributed by atoms with Crippen LogP contribution in [0, 0.1) is 22.0 Å². The summed E-state index contributed by atoms with van der Waals surface area (Å²) in [5, 5.41) is 23.2. The fourth-order valence-corrected chi connectivity index (χ4v) is 15.7. The van der Waals surface area contributed by atoms with Crippen LogP contribution >= 0.6 is 0 Å². The number of hydrogen-bond donors (Lipinski definition) is 4. The lowest BCUT2D eigenvalue weighted by atomic mass is 9.53. The fraction of sp³-hybridized carbons (Fsp3) is 0.838. The van der Waals surface area contributed by atoms with Crippen LogP contribution in [0.1, 0.15) is 390 Å². The Morgan fingerprint density at radius 1 is 0.424 bits per heavy atom. The second-order valence-corrected chi connectivity index (χ2v) is 28.5. The number of hydrogen-bond acceptors (Lipinski definition) is 10. The van der Waals surface area contributed by atoms with E-state index >= 15 is 0 Å². The predicted molar refractivity (Wildman–Crippen MR) is 355 cm³/mol. The van der Waals surface area contributed by atoms with Gasteiger partial charge in [-0.3, -0.25) is 4.40 Å². The molecule has 85 heavy (non-hydrogen) atoms. The summed E-state index contributed by atoms with van der Waals surface area (Å²) in [7, 11) is 0. The van der Waals surface area contributed by atoms with Crippen LogP contribution in [0.2, 0.25) is 0 Å². The maximum absolute atomic E-state index is 9.23. The molecule has 1 aromatic carbocycles. The molecule has 2 aromatic heterocycles. The monoisotopic (exact) mass is 1170 g/mol. The molecule has 480 valence electrons. The van der Waals surface area contributed by atoms with E-state index in [1.54, 1.807) is 0 Å². The molecule has 3 aliphatic rings. The summed E-state index contributed by atoms with van der Waals surface area (Å²) in [6, 6.07) is 12.4. The van der Waals surface area contributed by atoms with Crippen LogP contribution in [0.3, 0.4) is 0 Å². The maximum atomic E-state index is 9.23. The van der Waals surface area contributed by atoms with Crippen LogP contribution in [0.25, 0.3) is 5.65 Å². The molecule has 11 nitrogen and oxygen atoms in total. The van der Waals surface area contributed by atoms with E-state index in [1.165, 1.54) is 263 Å². The first-order valence-electron chi connectivity index (χ1n) is 36.7. The summed E-state index contributed by atoms with van der Waals surface area (Å²) < 4.78 is 8.88. The molecule has 5 N–H and O–H groups in total. The lowest BCUT2D eigenvalue weighted by molar-refractivity contribution is 0.000249. The first-order valence-corrected chi connectivity index (χ1v) is 36.7. The molecule has 0 saturated heterocycles. The van der Waals surface area contributed by atoms with Gasteiger partial charge in [-0.1, -0.05) is 313 Å². The third-order valence-corrected chi connectivity index (χ3v) is 21.6. The van der Waals surface area contributed by atoms with Crippen molar-refractivity contribution in [1.29, 1.82) is 16.6 Å². The van der Waals surface area contributed by atoms with Crippen LogP contribution < -0.4 is 10.5 Å². The second-order valence-electron chi connectivity index (χ2n) is 28.5. The Labute approximate surface area is 520 Å². The summed E-state index contributed by atoms with van der Waals surface area (Å²) in [6.45, 7) is 4.35. The highest BCUT2D eigenvalue weighted by molar-refractivity contribution is 5.43. The van der Waals surface area contributed by atoms with E-state index in [0.717, 1.165) is 86.7 Å². The van der Waals surface area contributed by atoms with Gasteiger partial charge in [0.1, 0.15) is 17.4 Å². The van der Waals surface area contributed by atoms with Crippen LogP contribution in [0.5, 0.6) is 5.75 Å². The molecular weight excluding hydrogens is 1040 g/mol. The van der Waals surface area contributed by atoms with Crippen LogP contribution in [0.15, 0.2) is 57.9 Å². The van der Waals surface area contributed by atoms with E-state index in [4.69, 9.17) is 36.8 Å². The number of nitrogens with one attached hydrogen (secondary N) is 3. The van der Waals surface area contributed by atoms with Crippen molar-refractivity contribution in [3.63, 3.8) is 0 Å². The van der Waals surface area contributed by atoms with Crippen LogP contribution in [-0.2, 0) is 5.54 Å². The molecule has 2 heterocycles. The first-order chi connectivity index (χ1) is 41.7. The van der Waals surface area contributed by atoms with Gasteiger partial charge < -0.3 is 10.5 Å². The number of rotatable bonds is 6. The molecule has 2 saturated carbocycles. The number of nitrogens with two attached hydrogens (primary N) is 1. The van der Waals surface area contributed by atoms with Crippen molar-refractivity contribution in [2.75, 3.05) is 0 Å². The summed E-state index contributed by atoms with van der Waals surface area (Å²) in [6.07, 6.45) is 70.5. The molecule has 4 unspecified atom stereocenters. The zero-order chi connectivity index (χ0) is 60.0. The Kier molecular flexibility index (Phi) is 33.9. The van der Waals surface area contributed by atoms with Crippen molar-refractivity contribution in [2.24, 2.45) is 26.5 Å². The minimum Gasteiger partial charge on any atom is -0.484 e. The molecule has 0 aliphatic heterocycles. The number of aromatic nitrogens is 3. The maximum Gasteiger partial charge on any atom is 0.167 e. The van der Waals surface area contributed by atoms with Gasteiger partial charge in [0, 0.05) is 6.04 Å². The van der Waals surface area contributed by atoms with Crippen molar-refractivity contribution >= 4 is 5.65 Å². The molecular formula is C74H128N10O. The topological polar surface area (TPSA) is 174 Å². The molecule has 6 atom stereocenters. The van der Waals surface area contributed by atoms with Gasteiger partial charge in [-0.2, -0.15) is 15.3 Å². The van der Waals surface area contributed by atoms with E-state index in [0.29, 0.717) is 25.1 Å². The van der Waals surface area contributed by atoms with Gasteiger partial charge in [0.15, 0.2) is 11.5 Å². The van der Waals surface area contributed by atoms with Crippen molar-refractivity contribution in [3.05, 3.63) is 59.5 Å². The van der Waals surface area contributed by atoms with Crippen molar-refractivity contribution in [2.45, 2.75) is 389 Å². The molecule has 11 heteroatoms. The minimum absolute atomic E-state index is 0.00930. The Hall–Kier alpha value is -3.60. The van der Waals surface area contributed by atoms with E-state index in [1.807, 2.05) is 18.3 Å². The number of benzene rings is 1. The molecule has 2 fully saturated rings. The number of fused-ring (bicyclic) bond motifs is 2. The summed E-state index contributed by atoms with van der Waals surface area (Å²) in [5.41, 5.74) is 33.7. The normalized spacial score (nSPS) is 29.5. The third-order valence-electron chi connectivity index (χ3n) is 21.6. The van der Waals surface area contributed by atoms with Gasteiger partial charge in [0.2, 0.25) is 0 Å². The highest BCUT2D eigenvalue weighted by Gasteiger charge is 2.56. The molecule has 3 aromatic rings. The Morgan fingerprint density at radius 2 is 0.824 bits per heavy atom. The molecule has 0 bridgehead atoms. The largest absolute Gasteiger partial charge is 0.484 e. The Morgan fingerprint density at radius 3 is 1.22 bits per heavy atom. The van der Waals surface area contributed by atoms with E-state index in [2.05, 4.69) is 52.7 Å². The van der Waals surface area contributed by atoms with Gasteiger partial charge in [-0.05, 0) is 100 Å². The Bertz CT molecular complexity index is 2250. The Balaban J connectivity index is 1.06. The second kappa shape index (κ2) is 40.8. The average molecular weight is 1170 g/mol. The average Bonchev–Trinajstić information content (AvgIpc) is 2.16. The quantitative estimate of drug-likeness (QED) is 0.180. The smallest absolute Gasteiger partial charge is 0.167 e. The number of pyridine rings is 1. The minimum atomic E-state index is -0.938. The molecule has 1 spiro atoms. The number of ether oxygens (including phenoxy) is 1. The number of nitrogens with zero attached hydrogens (tertiary/aromatic N) is 6. The first kappa shape index (κ1) is 70.5. The standard InChI is InChI=1S/C74H128N10O/c1-71(81-76)58-59-72(2,82-77)73(63-71)56-48-44-42-40-38-36-34-32-30-28-26-24-22-20-18-16-14-12-10-8-6-4-3-5-7-9-11-13-15-17-19-21-23-25-27-29-31-33-35-37-39-41-43-45-49-57-74(83-78,61-60-73)70-80-79-69-55-52-64(62-84(69)70)85-68-54-53-67(75)65-50-46-47-51-66(65)68/h46-47,50-52,55,62,67-68,76-78H,3-45,48-49,53-54,56-61,63,75H2,1-2H3/t67-,68+,71?,72?,73?,74?/m0/s1. The zero-order valence-corrected chi connectivity index (χ0v) is 55.0. The van der Waals surface area contributed by atoms with Gasteiger partial charge in [0.25, 0.3) is 0 Å². The summed E-state index contributed by atoms with van der Waals surface area (Å²) in [4.78, 5) is 0. The lowest BCUT2D eigenvalue weighted by Gasteiger charge is -2.54. The fourth-order valence-electron chi connectivity index (χ4n) is 15.7. The van der Waals surface area contributed by atoms with E-state index in [9.17, 15) is 5.53 Å². The summed E-state index contributed by atoms with van der Waals surface area (Å²) in [5.74, 6) is 1.43.